The first-order valence-electron chi connectivity index (χ1n) is 8.09. The highest BCUT2D eigenvalue weighted by molar-refractivity contribution is 5.81. The van der Waals surface area contributed by atoms with Crippen LogP contribution in [0.1, 0.15) is 51.4 Å². The van der Waals surface area contributed by atoms with E-state index in [1.165, 1.54) is 45.8 Å². The molecule has 0 heterocycles. The summed E-state index contributed by atoms with van der Waals surface area (Å²) in [6, 6.07) is 0.503. The molecule has 0 spiro atoms. The Morgan fingerprint density at radius 2 is 2.00 bits per heavy atom. The fourth-order valence-corrected chi connectivity index (χ4v) is 4.03. The Balaban J connectivity index is 1.88. The molecule has 2 unspecified atom stereocenters. The van der Waals surface area contributed by atoms with Crippen molar-refractivity contribution in [2.45, 2.75) is 62.9 Å². The van der Waals surface area contributed by atoms with Gasteiger partial charge in [-0.05, 0) is 52.1 Å². The van der Waals surface area contributed by atoms with Gasteiger partial charge in [-0.2, -0.15) is 0 Å². The second-order valence-electron chi connectivity index (χ2n) is 6.66. The summed E-state index contributed by atoms with van der Waals surface area (Å²) in [5, 5.41) is 3.22. The molecule has 20 heavy (non-hydrogen) atoms. The average molecular weight is 282 g/mol. The number of nitrogens with one attached hydrogen (secondary N) is 1. The van der Waals surface area contributed by atoms with Crippen molar-refractivity contribution in [3.05, 3.63) is 0 Å². The fourth-order valence-electron chi connectivity index (χ4n) is 4.03. The van der Waals surface area contributed by atoms with Gasteiger partial charge in [-0.15, -0.1) is 0 Å². The van der Waals surface area contributed by atoms with E-state index >= 15 is 0 Å². The molecule has 4 nitrogen and oxygen atoms in total. The van der Waals surface area contributed by atoms with Crippen LogP contribution in [-0.4, -0.2) is 50.2 Å². The van der Waals surface area contributed by atoms with Crippen LogP contribution in [0.2, 0.25) is 0 Å². The molecule has 4 heteroatoms. The molecule has 2 fully saturated rings. The molecule has 2 aliphatic rings. The zero-order chi connectivity index (χ0) is 14.6. The van der Waals surface area contributed by atoms with Gasteiger partial charge in [0, 0.05) is 12.6 Å². The molecule has 1 N–H and O–H groups in total. The fraction of sp³-hybridized carbons (Fsp3) is 0.938. The van der Waals surface area contributed by atoms with Gasteiger partial charge in [0.25, 0.3) is 0 Å². The maximum absolute atomic E-state index is 12.0. The van der Waals surface area contributed by atoms with Crippen molar-refractivity contribution >= 4 is 5.97 Å². The third-order valence-electron chi connectivity index (χ3n) is 5.44. The third kappa shape index (κ3) is 3.34. The molecular formula is C16H30N2O2. The first-order chi connectivity index (χ1) is 9.61. The van der Waals surface area contributed by atoms with Crippen LogP contribution in [0.3, 0.4) is 0 Å². The van der Waals surface area contributed by atoms with Gasteiger partial charge in [0.05, 0.1) is 7.11 Å². The summed E-state index contributed by atoms with van der Waals surface area (Å²) in [4.78, 5) is 14.5. The van der Waals surface area contributed by atoms with Crippen molar-refractivity contribution in [2.24, 2.45) is 5.92 Å². The van der Waals surface area contributed by atoms with Crippen LogP contribution in [0.15, 0.2) is 0 Å². The Morgan fingerprint density at radius 3 is 2.60 bits per heavy atom. The van der Waals surface area contributed by atoms with Crippen molar-refractivity contribution in [3.8, 4) is 0 Å². The Morgan fingerprint density at radius 1 is 1.30 bits per heavy atom. The number of rotatable bonds is 5. The molecule has 0 saturated heterocycles. The number of esters is 1. The van der Waals surface area contributed by atoms with Gasteiger partial charge in [-0.1, -0.05) is 19.3 Å². The van der Waals surface area contributed by atoms with Crippen molar-refractivity contribution < 1.29 is 9.53 Å². The number of methoxy groups -OCH3 is 1. The van der Waals surface area contributed by atoms with E-state index in [4.69, 9.17) is 4.74 Å². The number of ether oxygens (including phenoxy) is 1. The molecule has 0 bridgehead atoms. The average Bonchev–Trinajstić information content (AvgIpc) is 2.93. The molecule has 2 rings (SSSR count). The number of hydrogen-bond donors (Lipinski definition) is 1. The summed E-state index contributed by atoms with van der Waals surface area (Å²) in [5.74, 6) is 0.755. The van der Waals surface area contributed by atoms with Gasteiger partial charge < -0.3 is 15.0 Å². The molecule has 2 aliphatic carbocycles. The van der Waals surface area contributed by atoms with Gasteiger partial charge >= 0.3 is 5.97 Å². The van der Waals surface area contributed by atoms with Crippen LogP contribution in [0.5, 0.6) is 0 Å². The SMILES string of the molecule is CNC1(C(=O)OC)CCC(N(C)CC2CCCCC2)C1. The number of carbonyl (C=O) groups is 1. The standard InChI is InChI=1S/C16H30N2O2/c1-17-16(15(19)20-3)10-9-14(11-16)18(2)12-13-7-5-4-6-8-13/h13-14,17H,4-12H2,1-3H3. The zero-order valence-electron chi connectivity index (χ0n) is 13.3. The van der Waals surface area contributed by atoms with Crippen LogP contribution < -0.4 is 5.32 Å². The maximum Gasteiger partial charge on any atom is 0.326 e. The van der Waals surface area contributed by atoms with E-state index in [1.54, 1.807) is 0 Å². The van der Waals surface area contributed by atoms with Crippen LogP contribution >= 0.6 is 0 Å². The topological polar surface area (TPSA) is 41.6 Å². The largest absolute Gasteiger partial charge is 0.468 e. The molecule has 0 aromatic heterocycles. The highest BCUT2D eigenvalue weighted by Crippen LogP contribution is 2.34. The molecule has 0 amide bonds. The van der Waals surface area contributed by atoms with E-state index in [1.807, 2.05) is 7.05 Å². The predicted octanol–water partition coefficient (Wildman–Crippen LogP) is 2.18. The maximum atomic E-state index is 12.0. The summed E-state index contributed by atoms with van der Waals surface area (Å²) in [6.45, 7) is 1.19. The first-order valence-corrected chi connectivity index (χ1v) is 8.09. The minimum absolute atomic E-state index is 0.103. The van der Waals surface area contributed by atoms with Gasteiger partial charge in [0.15, 0.2) is 0 Å². The Bertz CT molecular complexity index is 328. The van der Waals surface area contributed by atoms with Crippen molar-refractivity contribution in [1.29, 1.82) is 0 Å². The normalized spacial score (nSPS) is 31.7. The Labute approximate surface area is 123 Å². The molecule has 2 atom stereocenters. The number of carbonyl (C=O) groups excluding carboxylic acids is 1. The Kier molecular flexibility index (Phi) is 5.44. The molecular weight excluding hydrogens is 252 g/mol. The van der Waals surface area contributed by atoms with E-state index in [0.29, 0.717) is 6.04 Å². The minimum Gasteiger partial charge on any atom is -0.468 e. The molecule has 2 saturated carbocycles. The predicted molar refractivity (Wildman–Crippen MR) is 80.7 cm³/mol. The number of nitrogens with zero attached hydrogens (tertiary/aromatic N) is 1. The highest BCUT2D eigenvalue weighted by Gasteiger charge is 2.46. The summed E-state index contributed by atoms with van der Waals surface area (Å²) in [7, 11) is 5.59. The van der Waals surface area contributed by atoms with Crippen LogP contribution in [0.4, 0.5) is 0 Å². The molecule has 116 valence electrons. The van der Waals surface area contributed by atoms with E-state index in [9.17, 15) is 4.79 Å². The lowest BCUT2D eigenvalue weighted by atomic mass is 9.88. The van der Waals surface area contributed by atoms with Gasteiger partial charge in [-0.3, -0.25) is 4.79 Å². The molecule has 0 aliphatic heterocycles. The first kappa shape index (κ1) is 15.8. The quantitative estimate of drug-likeness (QED) is 0.785. The van der Waals surface area contributed by atoms with E-state index in [2.05, 4.69) is 17.3 Å². The van der Waals surface area contributed by atoms with E-state index in [0.717, 1.165) is 25.2 Å². The molecule has 0 aromatic carbocycles. The van der Waals surface area contributed by atoms with E-state index < -0.39 is 5.54 Å². The van der Waals surface area contributed by atoms with E-state index in [-0.39, 0.29) is 5.97 Å². The summed E-state index contributed by atoms with van der Waals surface area (Å²) >= 11 is 0. The summed E-state index contributed by atoms with van der Waals surface area (Å²) < 4.78 is 4.99. The van der Waals surface area contributed by atoms with Gasteiger partial charge in [0.2, 0.25) is 0 Å². The Hall–Kier alpha value is -0.610. The van der Waals surface area contributed by atoms with Crippen LogP contribution in [0.25, 0.3) is 0 Å². The van der Waals surface area contributed by atoms with Crippen LogP contribution in [0, 0.1) is 5.92 Å². The highest BCUT2D eigenvalue weighted by atomic mass is 16.5. The smallest absolute Gasteiger partial charge is 0.326 e. The number of likely N-dealkylation sites (N-methyl/N-ethyl adjacent to an activating group) is 1. The van der Waals surface area contributed by atoms with Crippen molar-refractivity contribution in [3.63, 3.8) is 0 Å². The lowest BCUT2D eigenvalue weighted by molar-refractivity contribution is -0.148. The molecule has 0 aromatic rings. The van der Waals surface area contributed by atoms with Crippen LogP contribution in [-0.2, 0) is 9.53 Å². The lowest BCUT2D eigenvalue weighted by Crippen LogP contribution is -2.50. The van der Waals surface area contributed by atoms with Crippen molar-refractivity contribution in [1.82, 2.24) is 10.2 Å². The minimum atomic E-state index is -0.458. The second kappa shape index (κ2) is 6.90. The molecule has 0 radical (unpaired) electrons. The lowest BCUT2D eigenvalue weighted by Gasteiger charge is -2.32. The summed E-state index contributed by atoms with van der Waals surface area (Å²) in [6.07, 6.45) is 9.80. The number of hydrogen-bond acceptors (Lipinski definition) is 4. The second-order valence-corrected chi connectivity index (χ2v) is 6.66. The van der Waals surface area contributed by atoms with Crippen molar-refractivity contribution in [2.75, 3.05) is 27.7 Å². The summed E-state index contributed by atoms with van der Waals surface area (Å²) in [5.41, 5.74) is -0.458. The van der Waals surface area contributed by atoms with Gasteiger partial charge in [0.1, 0.15) is 5.54 Å². The third-order valence-corrected chi connectivity index (χ3v) is 5.44. The zero-order valence-corrected chi connectivity index (χ0v) is 13.3. The van der Waals surface area contributed by atoms with Gasteiger partial charge in [-0.25, -0.2) is 0 Å². The monoisotopic (exact) mass is 282 g/mol.